The van der Waals surface area contributed by atoms with E-state index >= 15 is 0 Å². The molecule has 0 aliphatic heterocycles. The van der Waals surface area contributed by atoms with Crippen LogP contribution in [0.25, 0.3) is 10.8 Å². The Morgan fingerprint density at radius 3 is 2.17 bits per heavy atom. The second-order valence-electron chi connectivity index (χ2n) is 6.59. The Labute approximate surface area is 147 Å². The van der Waals surface area contributed by atoms with E-state index in [-0.39, 0.29) is 0 Å². The monoisotopic (exact) mass is 328 g/mol. The summed E-state index contributed by atoms with van der Waals surface area (Å²) in [4.78, 5) is 0. The van der Waals surface area contributed by atoms with Crippen molar-refractivity contribution in [2.75, 3.05) is 5.75 Å². The topological polar surface area (TPSA) is 0 Å². The van der Waals surface area contributed by atoms with Gasteiger partial charge in [0.05, 0.1) is 0 Å². The molecule has 126 valence electrons. The van der Waals surface area contributed by atoms with Gasteiger partial charge < -0.3 is 0 Å². The molecule has 0 bridgehead atoms. The summed E-state index contributed by atoms with van der Waals surface area (Å²) in [7, 11) is 0. The molecule has 0 aliphatic rings. The molecule has 0 heterocycles. The molecule has 0 amide bonds. The maximum atomic E-state index is 2.36. The number of rotatable bonds is 11. The molecule has 0 spiro atoms. The highest BCUT2D eigenvalue weighted by atomic mass is 32.2. The number of hydrogen-bond acceptors (Lipinski definition) is 1. The van der Waals surface area contributed by atoms with E-state index in [1.165, 1.54) is 73.5 Å². The maximum absolute atomic E-state index is 2.36. The third-order valence-corrected chi connectivity index (χ3v) is 5.91. The number of benzene rings is 2. The summed E-state index contributed by atoms with van der Waals surface area (Å²) < 4.78 is 0. The van der Waals surface area contributed by atoms with E-state index in [2.05, 4.69) is 68.1 Å². The van der Waals surface area contributed by atoms with Crippen LogP contribution in [0.1, 0.15) is 76.0 Å². The highest BCUT2D eigenvalue weighted by Gasteiger charge is 2.06. The molecule has 0 nitrogen and oxygen atoms in total. The number of thioether (sulfide) groups is 1. The third kappa shape index (κ3) is 6.59. The minimum absolute atomic E-state index is 0.601. The van der Waals surface area contributed by atoms with Crippen molar-refractivity contribution < 1.29 is 0 Å². The average Bonchev–Trinajstić information content (AvgIpc) is 2.59. The largest absolute Gasteiger partial charge is 0.154 e. The molecule has 2 aromatic rings. The van der Waals surface area contributed by atoms with Crippen LogP contribution < -0.4 is 0 Å². The molecule has 1 unspecified atom stereocenters. The van der Waals surface area contributed by atoms with E-state index in [1.54, 1.807) is 0 Å². The van der Waals surface area contributed by atoms with Crippen LogP contribution in [0.4, 0.5) is 0 Å². The van der Waals surface area contributed by atoms with Crippen molar-refractivity contribution in [3.8, 4) is 0 Å². The van der Waals surface area contributed by atoms with Crippen LogP contribution in [-0.4, -0.2) is 5.75 Å². The molecule has 0 fully saturated rings. The fraction of sp³-hybridized carbons (Fsp3) is 0.545. The Kier molecular flexibility index (Phi) is 8.60. The summed E-state index contributed by atoms with van der Waals surface area (Å²) >= 11 is 2.11. The van der Waals surface area contributed by atoms with E-state index in [0.717, 1.165) is 0 Å². The van der Waals surface area contributed by atoms with Crippen molar-refractivity contribution in [3.63, 3.8) is 0 Å². The molecule has 0 saturated carbocycles. The van der Waals surface area contributed by atoms with Crippen LogP contribution in [0.5, 0.6) is 0 Å². The summed E-state index contributed by atoms with van der Waals surface area (Å²) in [5, 5.41) is 3.31. The zero-order valence-corrected chi connectivity index (χ0v) is 15.7. The smallest absolute Gasteiger partial charge is 0.0269 e. The Morgan fingerprint density at radius 1 is 0.783 bits per heavy atom. The first-order valence-corrected chi connectivity index (χ1v) is 10.5. The molecular weight excluding hydrogens is 296 g/mol. The van der Waals surface area contributed by atoms with Crippen molar-refractivity contribution in [3.05, 3.63) is 48.0 Å². The van der Waals surface area contributed by atoms with Gasteiger partial charge in [-0.1, -0.05) is 94.3 Å². The van der Waals surface area contributed by atoms with Crippen LogP contribution in [0.3, 0.4) is 0 Å². The molecule has 0 aliphatic carbocycles. The van der Waals surface area contributed by atoms with Crippen molar-refractivity contribution in [2.24, 2.45) is 0 Å². The van der Waals surface area contributed by atoms with Crippen molar-refractivity contribution in [1.29, 1.82) is 0 Å². The highest BCUT2D eigenvalue weighted by Crippen LogP contribution is 2.31. The van der Waals surface area contributed by atoms with Gasteiger partial charge >= 0.3 is 0 Å². The molecule has 23 heavy (non-hydrogen) atoms. The van der Waals surface area contributed by atoms with Gasteiger partial charge in [-0.05, 0) is 35.4 Å². The van der Waals surface area contributed by atoms with Gasteiger partial charge in [0.25, 0.3) is 0 Å². The van der Waals surface area contributed by atoms with Gasteiger partial charge in [-0.3, -0.25) is 0 Å². The lowest BCUT2D eigenvalue weighted by Crippen LogP contribution is -1.91. The van der Waals surface area contributed by atoms with Crippen molar-refractivity contribution in [2.45, 2.75) is 70.5 Å². The van der Waals surface area contributed by atoms with E-state index in [9.17, 15) is 0 Å². The summed E-state index contributed by atoms with van der Waals surface area (Å²) in [6.07, 6.45) is 11.3. The Hall–Kier alpha value is -0.950. The zero-order valence-electron chi connectivity index (χ0n) is 14.9. The highest BCUT2D eigenvalue weighted by molar-refractivity contribution is 7.99. The van der Waals surface area contributed by atoms with Crippen molar-refractivity contribution >= 4 is 22.5 Å². The van der Waals surface area contributed by atoms with Gasteiger partial charge in [-0.25, -0.2) is 0 Å². The summed E-state index contributed by atoms with van der Waals surface area (Å²) in [6.45, 7) is 4.63. The lowest BCUT2D eigenvalue weighted by atomic mass is 10.1. The number of hydrogen-bond donors (Lipinski definition) is 0. The van der Waals surface area contributed by atoms with Gasteiger partial charge in [-0.15, -0.1) is 0 Å². The van der Waals surface area contributed by atoms with Gasteiger partial charge in [0.2, 0.25) is 0 Å². The predicted molar refractivity (Wildman–Crippen MR) is 107 cm³/mol. The predicted octanol–water partition coefficient (Wildman–Crippen LogP) is 7.77. The van der Waals surface area contributed by atoms with Crippen LogP contribution >= 0.6 is 11.8 Å². The summed E-state index contributed by atoms with van der Waals surface area (Å²) in [6, 6.07) is 15.6. The standard InChI is InChI=1S/C22H32S/c1-3-4-5-6-7-8-9-12-17-23-19(2)21-16-15-20-13-10-11-14-22(20)18-21/h10-11,13-16,18-19H,3-9,12,17H2,1-2H3. The van der Waals surface area contributed by atoms with E-state index in [0.29, 0.717) is 5.25 Å². The lowest BCUT2D eigenvalue weighted by molar-refractivity contribution is 0.586. The third-order valence-electron chi connectivity index (χ3n) is 4.61. The van der Waals surface area contributed by atoms with Gasteiger partial charge in [-0.2, -0.15) is 11.8 Å². The summed E-state index contributed by atoms with van der Waals surface area (Å²) in [5.74, 6) is 1.29. The molecule has 0 aromatic heterocycles. The van der Waals surface area contributed by atoms with E-state index < -0.39 is 0 Å². The zero-order chi connectivity index (χ0) is 16.3. The molecule has 0 radical (unpaired) electrons. The van der Waals surface area contributed by atoms with Gasteiger partial charge in [0, 0.05) is 5.25 Å². The minimum atomic E-state index is 0.601. The molecule has 1 atom stereocenters. The maximum Gasteiger partial charge on any atom is 0.0269 e. The second kappa shape index (κ2) is 10.8. The molecular formula is C22H32S. The van der Waals surface area contributed by atoms with E-state index in [1.807, 2.05) is 0 Å². The van der Waals surface area contributed by atoms with Gasteiger partial charge in [0.15, 0.2) is 0 Å². The fourth-order valence-corrected chi connectivity index (χ4v) is 4.12. The first-order valence-electron chi connectivity index (χ1n) is 9.41. The first kappa shape index (κ1) is 18.4. The molecule has 1 heteroatoms. The van der Waals surface area contributed by atoms with Gasteiger partial charge in [0.1, 0.15) is 0 Å². The molecule has 2 aromatic carbocycles. The number of unbranched alkanes of at least 4 members (excludes halogenated alkanes) is 7. The number of fused-ring (bicyclic) bond motifs is 1. The normalized spacial score (nSPS) is 12.6. The SMILES string of the molecule is CCCCCCCCCCSC(C)c1ccc2ccccc2c1. The van der Waals surface area contributed by atoms with Crippen LogP contribution in [-0.2, 0) is 0 Å². The first-order chi connectivity index (χ1) is 11.3. The lowest BCUT2D eigenvalue weighted by Gasteiger charge is -2.12. The Morgan fingerprint density at radius 2 is 1.43 bits per heavy atom. The van der Waals surface area contributed by atoms with E-state index in [4.69, 9.17) is 0 Å². The summed E-state index contributed by atoms with van der Waals surface area (Å²) in [5.41, 5.74) is 1.47. The molecule has 2 rings (SSSR count). The quantitative estimate of drug-likeness (QED) is 0.379. The molecule has 0 saturated heterocycles. The Bertz CT molecular complexity index is 561. The van der Waals surface area contributed by atoms with Crippen molar-refractivity contribution in [1.82, 2.24) is 0 Å². The Balaban J connectivity index is 1.63. The minimum Gasteiger partial charge on any atom is -0.154 e. The average molecular weight is 329 g/mol. The fourth-order valence-electron chi connectivity index (χ4n) is 3.05. The molecule has 0 N–H and O–H groups in total. The van der Waals surface area contributed by atoms with Crippen LogP contribution in [0.15, 0.2) is 42.5 Å². The second-order valence-corrected chi connectivity index (χ2v) is 8.04. The van der Waals surface area contributed by atoms with Crippen LogP contribution in [0.2, 0.25) is 0 Å². The van der Waals surface area contributed by atoms with Crippen LogP contribution in [0, 0.1) is 0 Å².